The van der Waals surface area contributed by atoms with Gasteiger partial charge in [-0.05, 0) is 19.3 Å². The number of fused-ring (bicyclic) bond motifs is 2. The molecule has 11 heavy (non-hydrogen) atoms. The molecule has 3 atom stereocenters. The average Bonchev–Trinajstić information content (AvgIpc) is 2.62. The largest absolute Gasteiger partial charge is 0.469 e. The minimum Gasteiger partial charge on any atom is -0.469 e. The third-order valence-electron chi connectivity index (χ3n) is 2.80. The summed E-state index contributed by atoms with van der Waals surface area (Å²) in [5.41, 5.74) is 0. The highest BCUT2D eigenvalue weighted by Gasteiger charge is 2.43. The summed E-state index contributed by atoms with van der Waals surface area (Å²) in [7, 11) is 1.47. The first-order chi connectivity index (χ1) is 5.31. The van der Waals surface area contributed by atoms with Crippen molar-refractivity contribution in [2.45, 2.75) is 31.3 Å². The minimum atomic E-state index is -0.0373. The summed E-state index contributed by atoms with van der Waals surface area (Å²) < 4.78 is 4.71. The van der Waals surface area contributed by atoms with E-state index in [1.54, 1.807) is 0 Å². The number of methoxy groups -OCH3 is 1. The summed E-state index contributed by atoms with van der Waals surface area (Å²) in [6, 6.07) is 0.997. The summed E-state index contributed by atoms with van der Waals surface area (Å²) >= 11 is 0. The van der Waals surface area contributed by atoms with E-state index in [-0.39, 0.29) is 11.9 Å². The molecule has 2 fully saturated rings. The molecule has 3 heteroatoms. The van der Waals surface area contributed by atoms with Gasteiger partial charge in [0, 0.05) is 12.1 Å². The first-order valence-electron chi connectivity index (χ1n) is 4.15. The number of esters is 1. The van der Waals surface area contributed by atoms with Crippen LogP contribution in [0.1, 0.15) is 19.3 Å². The highest BCUT2D eigenvalue weighted by atomic mass is 16.5. The van der Waals surface area contributed by atoms with Crippen molar-refractivity contribution in [1.29, 1.82) is 0 Å². The zero-order valence-corrected chi connectivity index (χ0v) is 6.67. The van der Waals surface area contributed by atoms with Crippen LogP contribution in [0.25, 0.3) is 0 Å². The van der Waals surface area contributed by atoms with E-state index in [2.05, 4.69) is 5.32 Å². The first kappa shape index (κ1) is 7.10. The first-order valence-corrected chi connectivity index (χ1v) is 4.15. The maximum absolute atomic E-state index is 11.1. The van der Waals surface area contributed by atoms with E-state index in [0.29, 0.717) is 12.1 Å². The summed E-state index contributed by atoms with van der Waals surface area (Å²) in [6.07, 6.45) is 3.36. The van der Waals surface area contributed by atoms with Crippen molar-refractivity contribution < 1.29 is 9.53 Å². The van der Waals surface area contributed by atoms with Gasteiger partial charge >= 0.3 is 5.97 Å². The highest BCUT2D eigenvalue weighted by molar-refractivity contribution is 5.74. The number of carbonyl (C=O) groups is 1. The van der Waals surface area contributed by atoms with Crippen LogP contribution in [0.15, 0.2) is 0 Å². The molecule has 0 saturated carbocycles. The van der Waals surface area contributed by atoms with Crippen LogP contribution >= 0.6 is 0 Å². The van der Waals surface area contributed by atoms with Gasteiger partial charge in [-0.15, -0.1) is 0 Å². The normalized spacial score (nSPS) is 41.0. The number of carbonyl (C=O) groups excluding carboxylic acids is 1. The van der Waals surface area contributed by atoms with Crippen molar-refractivity contribution in [3.8, 4) is 0 Å². The molecule has 2 bridgehead atoms. The molecule has 62 valence electrons. The van der Waals surface area contributed by atoms with Crippen molar-refractivity contribution >= 4 is 5.97 Å². The molecule has 0 aromatic heterocycles. The Morgan fingerprint density at radius 2 is 2.36 bits per heavy atom. The number of hydrogen-bond donors (Lipinski definition) is 1. The lowest BCUT2D eigenvalue weighted by atomic mass is 9.89. The third kappa shape index (κ3) is 1.03. The van der Waals surface area contributed by atoms with E-state index in [0.717, 1.165) is 12.8 Å². The lowest BCUT2D eigenvalue weighted by molar-refractivity contribution is -0.146. The van der Waals surface area contributed by atoms with Crippen LogP contribution in [0.2, 0.25) is 0 Å². The van der Waals surface area contributed by atoms with Crippen LogP contribution in [0.5, 0.6) is 0 Å². The molecule has 2 saturated heterocycles. The van der Waals surface area contributed by atoms with Crippen molar-refractivity contribution in [2.75, 3.05) is 7.11 Å². The quantitative estimate of drug-likeness (QED) is 0.553. The second kappa shape index (κ2) is 2.48. The Morgan fingerprint density at radius 1 is 1.55 bits per heavy atom. The Morgan fingerprint density at radius 3 is 2.82 bits per heavy atom. The Balaban J connectivity index is 2.02. The number of hydrogen-bond acceptors (Lipinski definition) is 3. The fourth-order valence-electron chi connectivity index (χ4n) is 2.24. The Bertz CT molecular complexity index is 181. The summed E-state index contributed by atoms with van der Waals surface area (Å²) in [5.74, 6) is 0.100. The smallest absolute Gasteiger partial charge is 0.310 e. The van der Waals surface area contributed by atoms with Gasteiger partial charge in [0.05, 0.1) is 13.0 Å². The van der Waals surface area contributed by atoms with Gasteiger partial charge in [-0.1, -0.05) is 0 Å². The molecule has 0 radical (unpaired) electrons. The molecule has 1 N–H and O–H groups in total. The molecule has 0 aromatic carbocycles. The van der Waals surface area contributed by atoms with Gasteiger partial charge in [0.1, 0.15) is 0 Å². The predicted molar refractivity (Wildman–Crippen MR) is 40.1 cm³/mol. The zero-order valence-electron chi connectivity index (χ0n) is 6.67. The van der Waals surface area contributed by atoms with E-state index >= 15 is 0 Å². The standard InChI is InChI=1S/C8H13NO2/c1-11-8(10)6-4-5-2-3-7(6)9-5/h5-7,9H,2-4H2,1H3/t5-,6+,7+/m0/s1. The molecule has 0 amide bonds. The maximum Gasteiger partial charge on any atom is 0.310 e. The van der Waals surface area contributed by atoms with Crippen LogP contribution in [0, 0.1) is 5.92 Å². The van der Waals surface area contributed by atoms with E-state index in [4.69, 9.17) is 4.74 Å². The fraction of sp³-hybridized carbons (Fsp3) is 0.875. The number of nitrogens with one attached hydrogen (secondary N) is 1. The second-order valence-corrected chi connectivity index (χ2v) is 3.41. The van der Waals surface area contributed by atoms with E-state index < -0.39 is 0 Å². The van der Waals surface area contributed by atoms with Crippen LogP contribution in [-0.4, -0.2) is 25.2 Å². The van der Waals surface area contributed by atoms with Crippen molar-refractivity contribution in [2.24, 2.45) is 5.92 Å². The summed E-state index contributed by atoms with van der Waals surface area (Å²) in [4.78, 5) is 11.1. The lowest BCUT2D eigenvalue weighted by Crippen LogP contribution is -2.29. The van der Waals surface area contributed by atoms with Crippen LogP contribution < -0.4 is 5.32 Å². The molecule has 3 nitrogen and oxygen atoms in total. The lowest BCUT2D eigenvalue weighted by Gasteiger charge is -2.16. The van der Waals surface area contributed by atoms with Gasteiger partial charge < -0.3 is 10.1 Å². The predicted octanol–water partition coefficient (Wildman–Crippen LogP) is 0.300. The Hall–Kier alpha value is -0.570. The molecule has 0 unspecified atom stereocenters. The van der Waals surface area contributed by atoms with Crippen molar-refractivity contribution in [3.05, 3.63) is 0 Å². The Labute approximate surface area is 66.1 Å². The molecule has 2 heterocycles. The number of ether oxygens (including phenoxy) is 1. The fourth-order valence-corrected chi connectivity index (χ4v) is 2.24. The average molecular weight is 155 g/mol. The van der Waals surface area contributed by atoms with Gasteiger partial charge in [0.25, 0.3) is 0 Å². The SMILES string of the molecule is COC(=O)[C@@H]1C[C@@H]2CC[C@H]1N2. The molecule has 0 aromatic rings. The molecule has 2 aliphatic rings. The highest BCUT2D eigenvalue weighted by Crippen LogP contribution is 2.33. The van der Waals surface area contributed by atoms with E-state index in [1.165, 1.54) is 13.5 Å². The Kier molecular flexibility index (Phi) is 1.60. The molecule has 2 aliphatic heterocycles. The third-order valence-corrected chi connectivity index (χ3v) is 2.80. The van der Waals surface area contributed by atoms with Gasteiger partial charge in [-0.3, -0.25) is 4.79 Å². The monoisotopic (exact) mass is 155 g/mol. The van der Waals surface area contributed by atoms with E-state index in [1.807, 2.05) is 0 Å². The van der Waals surface area contributed by atoms with E-state index in [9.17, 15) is 4.79 Å². The minimum absolute atomic E-state index is 0.0373. The van der Waals surface area contributed by atoms with Gasteiger partial charge in [-0.25, -0.2) is 0 Å². The molecule has 0 spiro atoms. The van der Waals surface area contributed by atoms with Crippen molar-refractivity contribution in [1.82, 2.24) is 5.32 Å². The van der Waals surface area contributed by atoms with Crippen LogP contribution in [0.3, 0.4) is 0 Å². The molecular formula is C8H13NO2. The summed E-state index contributed by atoms with van der Waals surface area (Å²) in [5, 5.41) is 3.39. The van der Waals surface area contributed by atoms with Gasteiger partial charge in [0.15, 0.2) is 0 Å². The number of rotatable bonds is 1. The second-order valence-electron chi connectivity index (χ2n) is 3.41. The summed E-state index contributed by atoms with van der Waals surface area (Å²) in [6.45, 7) is 0. The maximum atomic E-state index is 11.1. The van der Waals surface area contributed by atoms with Crippen LogP contribution in [-0.2, 0) is 9.53 Å². The molecule has 0 aliphatic carbocycles. The van der Waals surface area contributed by atoms with Gasteiger partial charge in [0.2, 0.25) is 0 Å². The topological polar surface area (TPSA) is 38.3 Å². The molecule has 2 rings (SSSR count). The van der Waals surface area contributed by atoms with Crippen LogP contribution in [0.4, 0.5) is 0 Å². The zero-order chi connectivity index (χ0) is 7.84. The van der Waals surface area contributed by atoms with Gasteiger partial charge in [-0.2, -0.15) is 0 Å². The molecular weight excluding hydrogens is 142 g/mol. The van der Waals surface area contributed by atoms with Crippen molar-refractivity contribution in [3.63, 3.8) is 0 Å².